The molecule has 1 aliphatic heterocycles. The molecule has 2 N–H and O–H groups in total. The molecule has 0 bridgehead atoms. The van der Waals surface area contributed by atoms with Crippen molar-refractivity contribution in [2.24, 2.45) is 0 Å². The number of hydrogen-bond acceptors (Lipinski definition) is 4. The highest BCUT2D eigenvalue weighted by atomic mass is 16.4. The molecule has 0 atom stereocenters. The van der Waals surface area contributed by atoms with E-state index < -0.39 is 11.9 Å². The fourth-order valence-corrected chi connectivity index (χ4v) is 2.37. The number of rotatable bonds is 5. The van der Waals surface area contributed by atoms with Gasteiger partial charge in [0.25, 0.3) is 0 Å². The summed E-state index contributed by atoms with van der Waals surface area (Å²) in [5.74, 6) is -2.09. The third-order valence-corrected chi connectivity index (χ3v) is 3.31. The second kappa shape index (κ2) is 7.09. The molecule has 0 unspecified atom stereocenters. The van der Waals surface area contributed by atoms with E-state index in [0.717, 1.165) is 0 Å². The van der Waals surface area contributed by atoms with Gasteiger partial charge in [0.1, 0.15) is 0 Å². The number of aliphatic carboxylic acids is 2. The first-order valence-corrected chi connectivity index (χ1v) is 6.45. The summed E-state index contributed by atoms with van der Waals surface area (Å²) in [4.78, 5) is 38.0. The van der Waals surface area contributed by atoms with Crippen LogP contribution < -0.4 is 0 Å². The fraction of sp³-hybridized carbons (Fsp3) is 0.750. The van der Waals surface area contributed by atoms with E-state index in [1.165, 1.54) is 9.80 Å². The topological polar surface area (TPSA) is 101 Å². The van der Waals surface area contributed by atoms with E-state index >= 15 is 0 Å². The molecule has 0 aromatic rings. The van der Waals surface area contributed by atoms with Gasteiger partial charge >= 0.3 is 18.0 Å². The summed E-state index contributed by atoms with van der Waals surface area (Å²) >= 11 is 0. The lowest BCUT2D eigenvalue weighted by Crippen LogP contribution is -2.51. The van der Waals surface area contributed by atoms with E-state index in [2.05, 4.69) is 0 Å². The summed E-state index contributed by atoms with van der Waals surface area (Å²) in [5, 5.41) is 17.7. The predicted octanol–water partition coefficient (Wildman–Crippen LogP) is -0.396. The van der Waals surface area contributed by atoms with Crippen LogP contribution in [0.15, 0.2) is 0 Å². The number of piperidine rings is 1. The SMILES string of the molecule is CN(C)C(=O)N1CCC(N(CC(=O)O)CC(=O)O)CC1. The Labute approximate surface area is 117 Å². The van der Waals surface area contributed by atoms with Crippen molar-refractivity contribution >= 4 is 18.0 Å². The number of urea groups is 1. The maximum absolute atomic E-state index is 11.8. The van der Waals surface area contributed by atoms with Gasteiger partial charge in [-0.05, 0) is 12.8 Å². The Morgan fingerprint density at radius 3 is 1.85 bits per heavy atom. The van der Waals surface area contributed by atoms with Gasteiger partial charge in [-0.1, -0.05) is 0 Å². The Bertz CT molecular complexity index is 361. The highest BCUT2D eigenvalue weighted by Gasteiger charge is 2.29. The van der Waals surface area contributed by atoms with E-state index in [-0.39, 0.29) is 25.2 Å². The van der Waals surface area contributed by atoms with Gasteiger partial charge in [0.15, 0.2) is 0 Å². The molecule has 0 aliphatic carbocycles. The number of likely N-dealkylation sites (tertiary alicyclic amines) is 1. The van der Waals surface area contributed by atoms with Crippen molar-refractivity contribution < 1.29 is 24.6 Å². The summed E-state index contributed by atoms with van der Waals surface area (Å²) in [6.07, 6.45) is 1.17. The van der Waals surface area contributed by atoms with Crippen molar-refractivity contribution in [3.05, 3.63) is 0 Å². The van der Waals surface area contributed by atoms with Gasteiger partial charge in [-0.3, -0.25) is 14.5 Å². The Morgan fingerprint density at radius 1 is 1.05 bits per heavy atom. The first kappa shape index (κ1) is 16.2. The van der Waals surface area contributed by atoms with Crippen LogP contribution in [0.5, 0.6) is 0 Å². The molecule has 0 aromatic carbocycles. The van der Waals surface area contributed by atoms with Gasteiger partial charge < -0.3 is 20.0 Å². The van der Waals surface area contributed by atoms with E-state index in [4.69, 9.17) is 10.2 Å². The Balaban J connectivity index is 2.57. The van der Waals surface area contributed by atoms with Crippen LogP contribution >= 0.6 is 0 Å². The van der Waals surface area contributed by atoms with Gasteiger partial charge in [0, 0.05) is 33.2 Å². The minimum Gasteiger partial charge on any atom is -0.480 e. The van der Waals surface area contributed by atoms with Crippen LogP contribution in [0.25, 0.3) is 0 Å². The molecule has 1 aliphatic rings. The molecule has 0 radical (unpaired) electrons. The van der Waals surface area contributed by atoms with Crippen molar-refractivity contribution in [3.8, 4) is 0 Å². The first-order valence-electron chi connectivity index (χ1n) is 6.45. The monoisotopic (exact) mass is 287 g/mol. The molecule has 8 heteroatoms. The zero-order chi connectivity index (χ0) is 15.3. The molecule has 114 valence electrons. The second-order valence-electron chi connectivity index (χ2n) is 5.09. The molecule has 0 saturated carbocycles. The minimum absolute atomic E-state index is 0.0773. The van der Waals surface area contributed by atoms with Gasteiger partial charge in [-0.15, -0.1) is 0 Å². The maximum Gasteiger partial charge on any atom is 0.319 e. The van der Waals surface area contributed by atoms with Crippen LogP contribution in [-0.4, -0.2) is 89.2 Å². The highest BCUT2D eigenvalue weighted by molar-refractivity contribution is 5.74. The molecular formula is C12H21N3O5. The molecule has 1 saturated heterocycles. The van der Waals surface area contributed by atoms with Crippen molar-refractivity contribution in [2.45, 2.75) is 18.9 Å². The van der Waals surface area contributed by atoms with Crippen molar-refractivity contribution in [1.29, 1.82) is 0 Å². The van der Waals surface area contributed by atoms with Gasteiger partial charge in [0.2, 0.25) is 0 Å². The minimum atomic E-state index is -1.04. The average molecular weight is 287 g/mol. The van der Waals surface area contributed by atoms with Crippen LogP contribution in [0.2, 0.25) is 0 Å². The fourth-order valence-electron chi connectivity index (χ4n) is 2.37. The second-order valence-corrected chi connectivity index (χ2v) is 5.09. The van der Waals surface area contributed by atoms with E-state index in [1.54, 1.807) is 19.0 Å². The van der Waals surface area contributed by atoms with Crippen LogP contribution in [-0.2, 0) is 9.59 Å². The molecule has 1 heterocycles. The van der Waals surface area contributed by atoms with Crippen LogP contribution in [0, 0.1) is 0 Å². The average Bonchev–Trinajstić information content (AvgIpc) is 2.36. The number of carboxylic acid groups (broad SMARTS) is 2. The molecule has 8 nitrogen and oxygen atoms in total. The summed E-state index contributed by atoms with van der Waals surface area (Å²) in [6.45, 7) is 0.437. The van der Waals surface area contributed by atoms with Crippen LogP contribution in [0.1, 0.15) is 12.8 Å². The zero-order valence-electron chi connectivity index (χ0n) is 11.8. The summed E-state index contributed by atoms with van der Waals surface area (Å²) < 4.78 is 0. The largest absolute Gasteiger partial charge is 0.480 e. The molecule has 0 spiro atoms. The zero-order valence-corrected chi connectivity index (χ0v) is 11.8. The van der Waals surface area contributed by atoms with Crippen molar-refractivity contribution in [3.63, 3.8) is 0 Å². The molecule has 1 fully saturated rings. The maximum atomic E-state index is 11.8. The highest BCUT2D eigenvalue weighted by Crippen LogP contribution is 2.17. The number of carbonyl (C=O) groups is 3. The molecule has 2 amide bonds. The Kier molecular flexibility index (Phi) is 5.75. The molecule has 1 rings (SSSR count). The Hall–Kier alpha value is -1.83. The summed E-state index contributed by atoms with van der Waals surface area (Å²) in [5.41, 5.74) is 0. The number of nitrogens with zero attached hydrogens (tertiary/aromatic N) is 3. The Morgan fingerprint density at radius 2 is 1.50 bits per heavy atom. The number of hydrogen-bond donors (Lipinski definition) is 2. The van der Waals surface area contributed by atoms with Crippen molar-refractivity contribution in [1.82, 2.24) is 14.7 Å². The van der Waals surface area contributed by atoms with E-state index in [1.807, 2.05) is 0 Å². The lowest BCUT2D eigenvalue weighted by Gasteiger charge is -2.38. The number of amides is 2. The van der Waals surface area contributed by atoms with E-state index in [9.17, 15) is 14.4 Å². The summed E-state index contributed by atoms with van der Waals surface area (Å²) in [6, 6.07) is -0.195. The van der Waals surface area contributed by atoms with E-state index in [0.29, 0.717) is 25.9 Å². The number of carboxylic acids is 2. The third kappa shape index (κ3) is 4.69. The van der Waals surface area contributed by atoms with Gasteiger partial charge in [0.05, 0.1) is 13.1 Å². The smallest absolute Gasteiger partial charge is 0.319 e. The molecular weight excluding hydrogens is 266 g/mol. The molecule has 20 heavy (non-hydrogen) atoms. The quantitative estimate of drug-likeness (QED) is 0.713. The lowest BCUT2D eigenvalue weighted by molar-refractivity contribution is -0.143. The first-order chi connectivity index (χ1) is 9.31. The van der Waals surface area contributed by atoms with Crippen molar-refractivity contribution in [2.75, 3.05) is 40.3 Å². The predicted molar refractivity (Wildman–Crippen MR) is 70.5 cm³/mol. The normalized spacial score (nSPS) is 16.2. The lowest BCUT2D eigenvalue weighted by atomic mass is 10.0. The standard InChI is InChI=1S/C12H21N3O5/c1-13(2)12(20)14-5-3-9(4-6-14)15(7-10(16)17)8-11(18)19/h9H,3-8H2,1-2H3,(H,16,17)(H,18,19). The summed E-state index contributed by atoms with van der Waals surface area (Å²) in [7, 11) is 3.35. The molecule has 0 aromatic heterocycles. The van der Waals surface area contributed by atoms with Crippen LogP contribution in [0.3, 0.4) is 0 Å². The third-order valence-electron chi connectivity index (χ3n) is 3.31. The van der Waals surface area contributed by atoms with Gasteiger partial charge in [-0.2, -0.15) is 0 Å². The van der Waals surface area contributed by atoms with Gasteiger partial charge in [-0.25, -0.2) is 4.79 Å². The number of carbonyl (C=O) groups excluding carboxylic acids is 1. The van der Waals surface area contributed by atoms with Crippen LogP contribution in [0.4, 0.5) is 4.79 Å².